The van der Waals surface area contributed by atoms with Gasteiger partial charge in [-0.1, -0.05) is 72.8 Å². The molecule has 134 valence electrons. The summed E-state index contributed by atoms with van der Waals surface area (Å²) < 4.78 is 13.4. The fraction of sp³-hybridized carbons (Fsp3) is 0.200. The number of benzene rings is 3. The van der Waals surface area contributed by atoms with Crippen molar-refractivity contribution in [2.24, 2.45) is 5.92 Å². The highest BCUT2D eigenvalue weighted by Gasteiger charge is 2.31. The van der Waals surface area contributed by atoms with E-state index >= 15 is 0 Å². The molecule has 0 saturated heterocycles. The SMILES string of the molecule is O=C(C(=C=C(CCF)c1cccc2ccccc12)C1CC1)c1ccccc1. The zero-order chi connectivity index (χ0) is 18.6. The Balaban J connectivity index is 1.90. The number of alkyl halides is 1. The summed E-state index contributed by atoms with van der Waals surface area (Å²) in [5.41, 5.74) is 6.47. The van der Waals surface area contributed by atoms with Crippen LogP contribution in [0.15, 0.2) is 84.1 Å². The predicted octanol–water partition coefficient (Wildman–Crippen LogP) is 6.40. The number of Topliss-reactive ketones (excluding diaryl/α,β-unsaturated/α-hetero) is 1. The standard InChI is InChI=1S/C25H21FO/c26-16-15-21(23-12-6-10-18-7-4-5-11-22(18)23)17-24(19-13-14-19)25(27)20-8-2-1-3-9-20/h1-12,19H,13-16H2. The highest BCUT2D eigenvalue weighted by atomic mass is 19.1. The maximum Gasteiger partial charge on any atom is 0.196 e. The first kappa shape index (κ1) is 17.5. The summed E-state index contributed by atoms with van der Waals surface area (Å²) >= 11 is 0. The largest absolute Gasteiger partial charge is 0.288 e. The first-order valence-corrected chi connectivity index (χ1v) is 9.41. The molecular formula is C25H21FO. The number of halogens is 1. The van der Waals surface area contributed by atoms with Crippen LogP contribution in [0, 0.1) is 5.92 Å². The number of carbonyl (C=O) groups is 1. The Morgan fingerprint density at radius 2 is 1.63 bits per heavy atom. The minimum atomic E-state index is -0.469. The zero-order valence-electron chi connectivity index (χ0n) is 15.1. The van der Waals surface area contributed by atoms with Crippen LogP contribution in [0.1, 0.15) is 35.2 Å². The van der Waals surface area contributed by atoms with Gasteiger partial charge in [-0.3, -0.25) is 9.18 Å². The summed E-state index contributed by atoms with van der Waals surface area (Å²) in [6.07, 6.45) is 2.25. The highest BCUT2D eigenvalue weighted by molar-refractivity contribution is 6.10. The molecule has 2 heteroatoms. The molecule has 0 unspecified atom stereocenters. The molecule has 1 fully saturated rings. The van der Waals surface area contributed by atoms with Crippen LogP contribution in [0.25, 0.3) is 16.3 Å². The molecule has 0 aromatic heterocycles. The van der Waals surface area contributed by atoms with E-state index < -0.39 is 6.67 Å². The lowest BCUT2D eigenvalue weighted by atomic mass is 9.94. The lowest BCUT2D eigenvalue weighted by Crippen LogP contribution is -2.04. The topological polar surface area (TPSA) is 17.1 Å². The molecule has 3 aromatic carbocycles. The molecule has 0 radical (unpaired) electrons. The quantitative estimate of drug-likeness (QED) is 0.284. The molecule has 1 aliphatic rings. The van der Waals surface area contributed by atoms with E-state index in [1.165, 1.54) is 0 Å². The van der Waals surface area contributed by atoms with Crippen LogP contribution in [-0.4, -0.2) is 12.5 Å². The molecule has 4 rings (SSSR count). The van der Waals surface area contributed by atoms with Crippen molar-refractivity contribution in [1.29, 1.82) is 0 Å². The van der Waals surface area contributed by atoms with E-state index in [-0.39, 0.29) is 18.1 Å². The molecule has 0 atom stereocenters. The molecule has 0 N–H and O–H groups in total. The third-order valence-corrected chi connectivity index (χ3v) is 5.01. The molecule has 1 aliphatic carbocycles. The van der Waals surface area contributed by atoms with Gasteiger partial charge in [0.1, 0.15) is 0 Å². The molecule has 0 heterocycles. The second kappa shape index (κ2) is 7.73. The van der Waals surface area contributed by atoms with Crippen LogP contribution in [0.4, 0.5) is 4.39 Å². The summed E-state index contributed by atoms with van der Waals surface area (Å²) in [6, 6.07) is 23.4. The van der Waals surface area contributed by atoms with Gasteiger partial charge in [0, 0.05) is 23.1 Å². The lowest BCUT2D eigenvalue weighted by Gasteiger charge is -2.09. The van der Waals surface area contributed by atoms with E-state index in [9.17, 15) is 9.18 Å². The van der Waals surface area contributed by atoms with Gasteiger partial charge in [-0.2, -0.15) is 0 Å². The van der Waals surface area contributed by atoms with Crippen LogP contribution in [-0.2, 0) is 0 Å². The van der Waals surface area contributed by atoms with Crippen molar-refractivity contribution in [1.82, 2.24) is 0 Å². The maximum atomic E-state index is 13.4. The lowest BCUT2D eigenvalue weighted by molar-refractivity contribution is 0.102. The normalized spacial score (nSPS) is 13.2. The molecule has 0 amide bonds. The van der Waals surface area contributed by atoms with Gasteiger partial charge in [0.15, 0.2) is 5.78 Å². The van der Waals surface area contributed by atoms with Crippen molar-refractivity contribution >= 4 is 22.1 Å². The van der Waals surface area contributed by atoms with E-state index in [4.69, 9.17) is 0 Å². The molecular weight excluding hydrogens is 335 g/mol. The minimum absolute atomic E-state index is 0.00898. The number of hydrogen-bond acceptors (Lipinski definition) is 1. The van der Waals surface area contributed by atoms with Gasteiger partial charge >= 0.3 is 0 Å². The molecule has 27 heavy (non-hydrogen) atoms. The van der Waals surface area contributed by atoms with E-state index in [1.54, 1.807) is 0 Å². The Morgan fingerprint density at radius 3 is 2.37 bits per heavy atom. The smallest absolute Gasteiger partial charge is 0.196 e. The third-order valence-electron chi connectivity index (χ3n) is 5.01. The first-order valence-electron chi connectivity index (χ1n) is 9.41. The van der Waals surface area contributed by atoms with Crippen molar-refractivity contribution in [3.63, 3.8) is 0 Å². The summed E-state index contributed by atoms with van der Waals surface area (Å²) in [5.74, 6) is 0.247. The summed E-state index contributed by atoms with van der Waals surface area (Å²) in [4.78, 5) is 13.1. The van der Waals surface area contributed by atoms with Crippen molar-refractivity contribution < 1.29 is 9.18 Å². The van der Waals surface area contributed by atoms with E-state index in [0.717, 1.165) is 34.8 Å². The Hall–Kier alpha value is -2.96. The predicted molar refractivity (Wildman–Crippen MR) is 108 cm³/mol. The number of hydrogen-bond donors (Lipinski definition) is 0. The minimum Gasteiger partial charge on any atom is -0.288 e. The Labute approximate surface area is 158 Å². The fourth-order valence-electron chi connectivity index (χ4n) is 3.47. The van der Waals surface area contributed by atoms with Crippen molar-refractivity contribution in [2.45, 2.75) is 19.3 Å². The Kier molecular flexibility index (Phi) is 5.00. The van der Waals surface area contributed by atoms with Gasteiger partial charge in [0.2, 0.25) is 0 Å². The summed E-state index contributed by atoms with van der Waals surface area (Å²) in [5, 5.41) is 2.17. The third kappa shape index (κ3) is 3.77. The average Bonchev–Trinajstić information content (AvgIpc) is 3.56. The maximum absolute atomic E-state index is 13.4. The Morgan fingerprint density at radius 1 is 0.926 bits per heavy atom. The molecule has 1 saturated carbocycles. The van der Waals surface area contributed by atoms with Crippen LogP contribution in [0.3, 0.4) is 0 Å². The molecule has 3 aromatic rings. The molecule has 0 aliphatic heterocycles. The monoisotopic (exact) mass is 356 g/mol. The molecule has 0 spiro atoms. The first-order chi connectivity index (χ1) is 13.3. The van der Waals surface area contributed by atoms with Gasteiger partial charge < -0.3 is 0 Å². The van der Waals surface area contributed by atoms with E-state index in [0.29, 0.717) is 11.1 Å². The highest BCUT2D eigenvalue weighted by Crippen LogP contribution is 2.38. The van der Waals surface area contributed by atoms with Gasteiger partial charge in [-0.15, -0.1) is 5.73 Å². The van der Waals surface area contributed by atoms with Crippen molar-refractivity contribution in [2.75, 3.05) is 6.67 Å². The second-order valence-corrected chi connectivity index (χ2v) is 6.95. The molecule has 0 bridgehead atoms. The van der Waals surface area contributed by atoms with Gasteiger partial charge in [-0.05, 0) is 35.1 Å². The van der Waals surface area contributed by atoms with Crippen molar-refractivity contribution in [3.8, 4) is 0 Å². The summed E-state index contributed by atoms with van der Waals surface area (Å²) in [7, 11) is 0. The number of allylic oxidation sites excluding steroid dienone is 1. The van der Waals surface area contributed by atoms with Gasteiger partial charge in [0.25, 0.3) is 0 Å². The van der Waals surface area contributed by atoms with Crippen LogP contribution >= 0.6 is 0 Å². The van der Waals surface area contributed by atoms with Crippen molar-refractivity contribution in [3.05, 3.63) is 95.2 Å². The van der Waals surface area contributed by atoms with Crippen LogP contribution in [0.2, 0.25) is 0 Å². The van der Waals surface area contributed by atoms with Gasteiger partial charge in [-0.25, -0.2) is 0 Å². The number of carbonyl (C=O) groups excluding carboxylic acids is 1. The van der Waals surface area contributed by atoms with Crippen LogP contribution < -0.4 is 0 Å². The van der Waals surface area contributed by atoms with E-state index in [1.807, 2.05) is 72.8 Å². The zero-order valence-corrected chi connectivity index (χ0v) is 15.1. The van der Waals surface area contributed by atoms with E-state index in [2.05, 4.69) is 5.73 Å². The number of rotatable bonds is 6. The molecule has 1 nitrogen and oxygen atoms in total. The van der Waals surface area contributed by atoms with Gasteiger partial charge in [0.05, 0.1) is 6.67 Å². The Bertz CT molecular complexity index is 1030. The average molecular weight is 356 g/mol. The number of fused-ring (bicyclic) bond motifs is 1. The second-order valence-electron chi connectivity index (χ2n) is 6.95. The number of ketones is 1. The van der Waals surface area contributed by atoms with Crippen LogP contribution in [0.5, 0.6) is 0 Å². The fourth-order valence-corrected chi connectivity index (χ4v) is 3.47. The summed E-state index contributed by atoms with van der Waals surface area (Å²) in [6.45, 7) is -0.469.